The zero-order chi connectivity index (χ0) is 18.8. The van der Waals surface area contributed by atoms with Crippen LogP contribution in [0.1, 0.15) is 30.6 Å². The van der Waals surface area contributed by atoms with Crippen molar-refractivity contribution < 1.29 is 14.3 Å². The van der Waals surface area contributed by atoms with Crippen LogP contribution in [0.2, 0.25) is 0 Å². The van der Waals surface area contributed by atoms with Gasteiger partial charge in [0.1, 0.15) is 11.5 Å². The summed E-state index contributed by atoms with van der Waals surface area (Å²) in [5.74, 6) is -0.681. The van der Waals surface area contributed by atoms with Crippen LogP contribution in [-0.4, -0.2) is 34.1 Å². The topological polar surface area (TPSA) is 66.3 Å². The quantitative estimate of drug-likeness (QED) is 0.738. The molecule has 0 unspecified atom stereocenters. The molecule has 6 heteroatoms. The third-order valence-corrected chi connectivity index (χ3v) is 4.60. The van der Waals surface area contributed by atoms with Crippen LogP contribution in [0.3, 0.4) is 0 Å². The first-order valence-electron chi connectivity index (χ1n) is 8.44. The van der Waals surface area contributed by atoms with Crippen molar-refractivity contribution in [1.82, 2.24) is 9.97 Å². The Morgan fingerprint density at radius 2 is 1.85 bits per heavy atom. The Bertz CT molecular complexity index is 957. The number of rotatable bonds is 5. The number of hydrogen-bond acceptors (Lipinski definition) is 4. The van der Waals surface area contributed by atoms with Crippen molar-refractivity contribution in [1.29, 1.82) is 0 Å². The zero-order valence-electron chi connectivity index (χ0n) is 14.9. The molecule has 0 radical (unpaired) electrons. The van der Waals surface area contributed by atoms with Gasteiger partial charge >= 0.3 is 5.97 Å². The van der Waals surface area contributed by atoms with Gasteiger partial charge < -0.3 is 10.0 Å². The number of fused-ring (bicyclic) bond motifs is 1. The Kier molecular flexibility index (Phi) is 4.84. The van der Waals surface area contributed by atoms with E-state index in [1.54, 1.807) is 18.2 Å². The molecule has 3 aromatic rings. The number of benzene rings is 2. The summed E-state index contributed by atoms with van der Waals surface area (Å²) in [6.07, 6.45) is 0.911. The predicted octanol–water partition coefficient (Wildman–Crippen LogP) is 4.37. The van der Waals surface area contributed by atoms with E-state index in [-0.39, 0.29) is 17.4 Å². The summed E-state index contributed by atoms with van der Waals surface area (Å²) in [7, 11) is 1.93. The van der Waals surface area contributed by atoms with E-state index in [2.05, 4.69) is 13.8 Å². The number of halogens is 1. The molecule has 134 valence electrons. The molecule has 3 rings (SSSR count). The molecule has 26 heavy (non-hydrogen) atoms. The highest BCUT2D eigenvalue weighted by Crippen LogP contribution is 2.31. The second-order valence-electron chi connectivity index (χ2n) is 6.28. The van der Waals surface area contributed by atoms with Crippen molar-refractivity contribution in [3.05, 3.63) is 53.8 Å². The van der Waals surface area contributed by atoms with Crippen molar-refractivity contribution in [2.45, 2.75) is 26.3 Å². The number of carboxylic acid groups (broad SMARTS) is 1. The number of carbonyl (C=O) groups is 1. The largest absolute Gasteiger partial charge is 0.478 e. The van der Waals surface area contributed by atoms with E-state index in [0.717, 1.165) is 12.0 Å². The van der Waals surface area contributed by atoms with E-state index in [1.807, 2.05) is 11.9 Å². The van der Waals surface area contributed by atoms with E-state index < -0.39 is 5.97 Å². The molecule has 0 bridgehead atoms. The molecule has 0 fully saturated rings. The standard InChI is InChI=1S/C20H20FN3O2/c1-4-12(2)24(3)19-18(13-5-8-15(21)9-6-13)22-16-10-7-14(20(25)26)11-17(16)23-19/h5-12H,4H2,1-3H3,(H,25,26)/t12-/m0/s1. The molecule has 1 aromatic heterocycles. The Morgan fingerprint density at radius 1 is 1.15 bits per heavy atom. The monoisotopic (exact) mass is 353 g/mol. The Hall–Kier alpha value is -3.02. The first-order chi connectivity index (χ1) is 12.4. The number of anilines is 1. The minimum absolute atomic E-state index is 0.165. The lowest BCUT2D eigenvalue weighted by Crippen LogP contribution is -2.29. The zero-order valence-corrected chi connectivity index (χ0v) is 14.9. The molecule has 0 aliphatic heterocycles. The SMILES string of the molecule is CC[C@H](C)N(C)c1nc2cc(C(=O)O)ccc2nc1-c1ccc(F)cc1. The minimum atomic E-state index is -1.01. The molecule has 1 N–H and O–H groups in total. The molecule has 2 aromatic carbocycles. The lowest BCUT2D eigenvalue weighted by Gasteiger charge is -2.27. The van der Waals surface area contributed by atoms with Gasteiger partial charge in [0.2, 0.25) is 0 Å². The van der Waals surface area contributed by atoms with E-state index in [9.17, 15) is 14.3 Å². The van der Waals surface area contributed by atoms with E-state index in [4.69, 9.17) is 9.97 Å². The van der Waals surface area contributed by atoms with Crippen LogP contribution in [0.5, 0.6) is 0 Å². The van der Waals surface area contributed by atoms with Crippen LogP contribution in [0.15, 0.2) is 42.5 Å². The highest BCUT2D eigenvalue weighted by atomic mass is 19.1. The van der Waals surface area contributed by atoms with Gasteiger partial charge in [-0.05, 0) is 55.8 Å². The number of hydrogen-bond donors (Lipinski definition) is 1. The highest BCUT2D eigenvalue weighted by Gasteiger charge is 2.18. The van der Waals surface area contributed by atoms with Crippen molar-refractivity contribution in [3.63, 3.8) is 0 Å². The molecule has 5 nitrogen and oxygen atoms in total. The highest BCUT2D eigenvalue weighted by molar-refractivity contribution is 5.93. The maximum atomic E-state index is 13.3. The van der Waals surface area contributed by atoms with Crippen molar-refractivity contribution >= 4 is 22.8 Å². The number of aromatic nitrogens is 2. The number of aromatic carboxylic acids is 1. The van der Waals surface area contributed by atoms with Gasteiger partial charge in [-0.3, -0.25) is 0 Å². The van der Waals surface area contributed by atoms with Crippen molar-refractivity contribution in [2.24, 2.45) is 0 Å². The van der Waals surface area contributed by atoms with Crippen LogP contribution in [-0.2, 0) is 0 Å². The molecule has 1 heterocycles. The Morgan fingerprint density at radius 3 is 2.46 bits per heavy atom. The summed E-state index contributed by atoms with van der Waals surface area (Å²) in [6, 6.07) is 11.0. The molecular formula is C20H20FN3O2. The molecule has 0 aliphatic carbocycles. The molecule has 1 atom stereocenters. The van der Waals surface area contributed by atoms with Gasteiger partial charge in [-0.1, -0.05) is 6.92 Å². The van der Waals surface area contributed by atoms with Crippen LogP contribution in [0.4, 0.5) is 10.2 Å². The Labute approximate surface area is 151 Å². The third kappa shape index (κ3) is 3.35. The molecule has 0 amide bonds. The fraction of sp³-hybridized carbons (Fsp3) is 0.250. The van der Waals surface area contributed by atoms with E-state index in [0.29, 0.717) is 22.5 Å². The van der Waals surface area contributed by atoms with Crippen molar-refractivity contribution in [2.75, 3.05) is 11.9 Å². The summed E-state index contributed by atoms with van der Waals surface area (Å²) in [4.78, 5) is 22.6. The van der Waals surface area contributed by atoms with Gasteiger partial charge in [0.25, 0.3) is 0 Å². The van der Waals surface area contributed by atoms with Gasteiger partial charge in [-0.15, -0.1) is 0 Å². The summed E-state index contributed by atoms with van der Waals surface area (Å²) in [5.41, 5.74) is 2.67. The van der Waals surface area contributed by atoms with E-state index >= 15 is 0 Å². The van der Waals surface area contributed by atoms with Gasteiger partial charge in [0.05, 0.1) is 16.6 Å². The van der Waals surface area contributed by atoms with Crippen LogP contribution in [0, 0.1) is 5.82 Å². The maximum absolute atomic E-state index is 13.3. The van der Waals surface area contributed by atoms with Gasteiger partial charge in [-0.2, -0.15) is 0 Å². The molecular weight excluding hydrogens is 333 g/mol. The smallest absolute Gasteiger partial charge is 0.335 e. The lowest BCUT2D eigenvalue weighted by atomic mass is 10.1. The fourth-order valence-electron chi connectivity index (χ4n) is 2.71. The second-order valence-corrected chi connectivity index (χ2v) is 6.28. The molecule has 0 aliphatic rings. The van der Waals surface area contributed by atoms with Crippen molar-refractivity contribution in [3.8, 4) is 11.3 Å². The first kappa shape index (κ1) is 17.8. The van der Waals surface area contributed by atoms with Gasteiger partial charge in [0, 0.05) is 18.7 Å². The first-order valence-corrected chi connectivity index (χ1v) is 8.44. The lowest BCUT2D eigenvalue weighted by molar-refractivity contribution is 0.0697. The normalized spacial score (nSPS) is 12.2. The average Bonchev–Trinajstić information content (AvgIpc) is 2.65. The van der Waals surface area contributed by atoms with Crippen LogP contribution >= 0.6 is 0 Å². The molecule has 0 spiro atoms. The summed E-state index contributed by atoms with van der Waals surface area (Å²) < 4.78 is 13.3. The Balaban J connectivity index is 2.24. The summed E-state index contributed by atoms with van der Waals surface area (Å²) in [6.45, 7) is 4.16. The predicted molar refractivity (Wildman–Crippen MR) is 100 cm³/mol. The molecule has 0 saturated carbocycles. The fourth-order valence-corrected chi connectivity index (χ4v) is 2.71. The maximum Gasteiger partial charge on any atom is 0.335 e. The van der Waals surface area contributed by atoms with Crippen LogP contribution in [0.25, 0.3) is 22.3 Å². The third-order valence-electron chi connectivity index (χ3n) is 4.60. The summed E-state index contributed by atoms with van der Waals surface area (Å²) in [5, 5.41) is 9.21. The second kappa shape index (κ2) is 7.07. The van der Waals surface area contributed by atoms with Gasteiger partial charge in [0.15, 0.2) is 5.82 Å². The minimum Gasteiger partial charge on any atom is -0.478 e. The van der Waals surface area contributed by atoms with Gasteiger partial charge in [-0.25, -0.2) is 19.2 Å². The number of carboxylic acids is 1. The van der Waals surface area contributed by atoms with E-state index in [1.165, 1.54) is 24.3 Å². The average molecular weight is 353 g/mol. The summed E-state index contributed by atoms with van der Waals surface area (Å²) >= 11 is 0. The number of nitrogens with zero attached hydrogens (tertiary/aromatic N) is 3. The molecule has 0 saturated heterocycles. The van der Waals surface area contributed by atoms with Crippen LogP contribution < -0.4 is 4.90 Å².